The molecule has 2 N–H and O–H groups in total. The molecule has 19 heavy (non-hydrogen) atoms. The lowest BCUT2D eigenvalue weighted by Gasteiger charge is -2.17. The summed E-state index contributed by atoms with van der Waals surface area (Å²) in [4.78, 5) is 20.4. The standard InChI is InChI=1S/C13H20N4OS/c1-4-16(5-2)6-7-17-12-11(15-13(17)18)10(19)8-9(3)14-12/h8H,4-7H2,1-3H3,(H,14,19)(H,15,18). The molecular weight excluding hydrogens is 260 g/mol. The minimum absolute atomic E-state index is 0.102. The summed E-state index contributed by atoms with van der Waals surface area (Å²) in [6, 6.07) is 1.86. The monoisotopic (exact) mass is 280 g/mol. The SMILES string of the molecule is CCN(CC)CCn1c(=O)[nH]c2c(=S)cc(C)[nH]c21. The molecule has 104 valence electrons. The van der Waals surface area contributed by atoms with Crippen LogP contribution in [0.25, 0.3) is 11.2 Å². The van der Waals surface area contributed by atoms with E-state index < -0.39 is 0 Å². The Morgan fingerprint density at radius 2 is 2.00 bits per heavy atom. The highest BCUT2D eigenvalue weighted by atomic mass is 32.1. The van der Waals surface area contributed by atoms with Crippen molar-refractivity contribution in [2.45, 2.75) is 27.3 Å². The van der Waals surface area contributed by atoms with Crippen LogP contribution in [0, 0.1) is 11.4 Å². The van der Waals surface area contributed by atoms with Gasteiger partial charge in [0.1, 0.15) is 11.2 Å². The number of nitrogens with zero attached hydrogens (tertiary/aromatic N) is 2. The Balaban J connectivity index is 2.40. The van der Waals surface area contributed by atoms with Crippen LogP contribution in [0.3, 0.4) is 0 Å². The number of aromatic nitrogens is 3. The van der Waals surface area contributed by atoms with Gasteiger partial charge in [-0.15, -0.1) is 0 Å². The van der Waals surface area contributed by atoms with Crippen molar-refractivity contribution in [3.8, 4) is 0 Å². The second kappa shape index (κ2) is 5.71. The van der Waals surface area contributed by atoms with Crippen LogP contribution in [0.15, 0.2) is 10.9 Å². The summed E-state index contributed by atoms with van der Waals surface area (Å²) in [5.41, 5.74) is 2.38. The van der Waals surface area contributed by atoms with E-state index in [0.717, 1.165) is 36.5 Å². The molecule has 5 nitrogen and oxygen atoms in total. The molecule has 0 aromatic carbocycles. The summed E-state index contributed by atoms with van der Waals surface area (Å²) in [6.07, 6.45) is 0. The second-order valence-electron chi connectivity index (χ2n) is 4.65. The molecule has 0 saturated heterocycles. The fraction of sp³-hybridized carbons (Fsp3) is 0.538. The van der Waals surface area contributed by atoms with E-state index in [1.807, 2.05) is 13.0 Å². The Hall–Kier alpha value is -1.40. The van der Waals surface area contributed by atoms with Gasteiger partial charge >= 0.3 is 5.69 Å². The summed E-state index contributed by atoms with van der Waals surface area (Å²) in [5.74, 6) is 0. The lowest BCUT2D eigenvalue weighted by atomic mass is 10.3. The second-order valence-corrected chi connectivity index (χ2v) is 5.09. The van der Waals surface area contributed by atoms with Gasteiger partial charge in [0.15, 0.2) is 0 Å². The van der Waals surface area contributed by atoms with Gasteiger partial charge in [-0.25, -0.2) is 4.79 Å². The van der Waals surface area contributed by atoms with Crippen molar-refractivity contribution in [2.24, 2.45) is 0 Å². The fourth-order valence-electron chi connectivity index (χ4n) is 2.26. The third-order valence-corrected chi connectivity index (χ3v) is 3.75. The third kappa shape index (κ3) is 2.79. The third-order valence-electron chi connectivity index (χ3n) is 3.43. The molecule has 0 spiro atoms. The zero-order valence-corrected chi connectivity index (χ0v) is 12.4. The summed E-state index contributed by atoms with van der Waals surface area (Å²) < 4.78 is 2.42. The summed E-state index contributed by atoms with van der Waals surface area (Å²) in [5, 5.41) is 0. The van der Waals surface area contributed by atoms with Gasteiger partial charge < -0.3 is 14.9 Å². The van der Waals surface area contributed by atoms with E-state index in [1.165, 1.54) is 0 Å². The highest BCUT2D eigenvalue weighted by Gasteiger charge is 2.09. The van der Waals surface area contributed by atoms with Crippen molar-refractivity contribution in [3.05, 3.63) is 26.8 Å². The molecular formula is C13H20N4OS. The van der Waals surface area contributed by atoms with E-state index in [0.29, 0.717) is 11.1 Å². The number of aromatic amines is 2. The first kappa shape index (κ1) is 14.0. The molecule has 0 amide bonds. The van der Waals surface area contributed by atoms with Crippen LogP contribution in [-0.4, -0.2) is 39.1 Å². The molecule has 6 heteroatoms. The number of nitrogens with one attached hydrogen (secondary N) is 2. The number of hydrogen-bond acceptors (Lipinski definition) is 3. The van der Waals surface area contributed by atoms with E-state index in [1.54, 1.807) is 4.57 Å². The first-order valence-corrected chi connectivity index (χ1v) is 7.02. The molecule has 0 saturated carbocycles. The molecule has 0 fully saturated rings. The molecule has 2 heterocycles. The van der Waals surface area contributed by atoms with E-state index in [-0.39, 0.29) is 5.69 Å². The number of imidazole rings is 1. The largest absolute Gasteiger partial charge is 0.344 e. The highest BCUT2D eigenvalue weighted by molar-refractivity contribution is 7.71. The van der Waals surface area contributed by atoms with E-state index >= 15 is 0 Å². The van der Waals surface area contributed by atoms with Gasteiger partial charge in [0.25, 0.3) is 0 Å². The minimum Gasteiger partial charge on any atom is -0.344 e. The van der Waals surface area contributed by atoms with Gasteiger partial charge in [-0.05, 0) is 26.1 Å². The maximum atomic E-state index is 12.0. The summed E-state index contributed by atoms with van der Waals surface area (Å²) in [7, 11) is 0. The Bertz CT molecular complexity index is 678. The van der Waals surface area contributed by atoms with Gasteiger partial charge in [-0.1, -0.05) is 26.1 Å². The summed E-state index contributed by atoms with van der Waals surface area (Å²) in [6.45, 7) is 9.69. The molecule has 0 bridgehead atoms. The molecule has 0 aliphatic heterocycles. The number of pyridine rings is 1. The van der Waals surface area contributed by atoms with Crippen LogP contribution in [-0.2, 0) is 6.54 Å². The molecule has 0 radical (unpaired) electrons. The van der Waals surface area contributed by atoms with Crippen molar-refractivity contribution < 1.29 is 0 Å². The van der Waals surface area contributed by atoms with Crippen LogP contribution < -0.4 is 5.69 Å². The van der Waals surface area contributed by atoms with Crippen molar-refractivity contribution in [1.82, 2.24) is 19.4 Å². The van der Waals surface area contributed by atoms with Crippen LogP contribution >= 0.6 is 12.2 Å². The van der Waals surface area contributed by atoms with Crippen LogP contribution in [0.4, 0.5) is 0 Å². The Morgan fingerprint density at radius 1 is 1.32 bits per heavy atom. The first-order valence-electron chi connectivity index (χ1n) is 6.61. The molecule has 0 unspecified atom stereocenters. The summed E-state index contributed by atoms with van der Waals surface area (Å²) >= 11 is 5.28. The van der Waals surface area contributed by atoms with Gasteiger partial charge in [0, 0.05) is 18.8 Å². The van der Waals surface area contributed by atoms with Gasteiger partial charge in [-0.3, -0.25) is 4.57 Å². The Morgan fingerprint density at radius 3 is 2.63 bits per heavy atom. The zero-order valence-electron chi connectivity index (χ0n) is 11.6. The Labute approximate surface area is 117 Å². The molecule has 2 rings (SSSR count). The maximum Gasteiger partial charge on any atom is 0.327 e. The number of aryl methyl sites for hydroxylation is 1. The average molecular weight is 280 g/mol. The molecule has 0 aliphatic carbocycles. The molecule has 0 aliphatic rings. The van der Waals surface area contributed by atoms with Crippen molar-refractivity contribution in [3.63, 3.8) is 0 Å². The zero-order chi connectivity index (χ0) is 14.0. The molecule has 0 atom stereocenters. The minimum atomic E-state index is -0.102. The van der Waals surface area contributed by atoms with Crippen molar-refractivity contribution in [1.29, 1.82) is 0 Å². The first-order chi connectivity index (χ1) is 9.06. The van der Waals surface area contributed by atoms with Crippen LogP contribution in [0.5, 0.6) is 0 Å². The Kier molecular flexibility index (Phi) is 4.21. The van der Waals surface area contributed by atoms with Gasteiger partial charge in [-0.2, -0.15) is 0 Å². The fourth-order valence-corrected chi connectivity index (χ4v) is 2.59. The van der Waals surface area contributed by atoms with Gasteiger partial charge in [0.05, 0.1) is 4.51 Å². The lowest BCUT2D eigenvalue weighted by molar-refractivity contribution is 0.290. The van der Waals surface area contributed by atoms with E-state index in [4.69, 9.17) is 12.2 Å². The smallest absolute Gasteiger partial charge is 0.327 e. The lowest BCUT2D eigenvalue weighted by Crippen LogP contribution is -2.30. The predicted molar refractivity (Wildman–Crippen MR) is 80.3 cm³/mol. The van der Waals surface area contributed by atoms with Crippen molar-refractivity contribution >= 4 is 23.4 Å². The molecule has 2 aromatic heterocycles. The van der Waals surface area contributed by atoms with Crippen LogP contribution in [0.2, 0.25) is 0 Å². The number of H-pyrrole nitrogens is 2. The molecule has 2 aromatic rings. The highest BCUT2D eigenvalue weighted by Crippen LogP contribution is 2.11. The number of fused-ring (bicyclic) bond motifs is 1. The number of rotatable bonds is 5. The maximum absolute atomic E-state index is 12.0. The number of hydrogen-bond donors (Lipinski definition) is 2. The van der Waals surface area contributed by atoms with Crippen molar-refractivity contribution in [2.75, 3.05) is 19.6 Å². The average Bonchev–Trinajstić information content (AvgIpc) is 2.68. The normalized spacial score (nSPS) is 11.6. The van der Waals surface area contributed by atoms with Gasteiger partial charge in [0.2, 0.25) is 0 Å². The van der Waals surface area contributed by atoms with E-state index in [9.17, 15) is 4.79 Å². The quantitative estimate of drug-likeness (QED) is 0.824. The topological polar surface area (TPSA) is 56.8 Å². The number of likely N-dealkylation sites (N-methyl/N-ethyl adjacent to an activating group) is 1. The predicted octanol–water partition coefficient (Wildman–Crippen LogP) is 2.04. The van der Waals surface area contributed by atoms with E-state index in [2.05, 4.69) is 28.7 Å². The van der Waals surface area contributed by atoms with Crippen LogP contribution in [0.1, 0.15) is 19.5 Å².